The first kappa shape index (κ1) is 11.1. The van der Waals surface area contributed by atoms with E-state index in [0.29, 0.717) is 17.4 Å². The average molecular weight is 260 g/mol. The highest BCUT2D eigenvalue weighted by molar-refractivity contribution is 7.09. The van der Waals surface area contributed by atoms with Gasteiger partial charge in [0.15, 0.2) is 11.5 Å². The normalized spacial score (nSPS) is 11.5. The number of fused-ring (bicyclic) bond motifs is 1. The summed E-state index contributed by atoms with van der Waals surface area (Å²) in [6.07, 6.45) is 0. The summed E-state index contributed by atoms with van der Waals surface area (Å²) < 4.78 is 3.99. The Morgan fingerprint density at radius 1 is 1.28 bits per heavy atom. The minimum absolute atomic E-state index is 0.310. The zero-order chi connectivity index (χ0) is 12.7. The lowest BCUT2D eigenvalue weighted by Crippen LogP contribution is -1.91. The highest BCUT2D eigenvalue weighted by Crippen LogP contribution is 2.29. The Labute approximate surface area is 107 Å². The number of imidazole rings is 1. The Kier molecular flexibility index (Phi) is 2.48. The predicted molar refractivity (Wildman–Crippen MR) is 71.3 cm³/mol. The summed E-state index contributed by atoms with van der Waals surface area (Å²) in [5, 5.41) is 4.14. The Morgan fingerprint density at radius 3 is 2.89 bits per heavy atom. The van der Waals surface area contributed by atoms with Gasteiger partial charge in [0.2, 0.25) is 0 Å². The van der Waals surface area contributed by atoms with Gasteiger partial charge < -0.3 is 10.7 Å². The molecule has 0 radical (unpaired) electrons. The van der Waals surface area contributed by atoms with Gasteiger partial charge in [0.05, 0.1) is 11.2 Å². The number of aromatic amines is 1. The third kappa shape index (κ3) is 1.72. The van der Waals surface area contributed by atoms with E-state index < -0.39 is 0 Å². The highest BCUT2D eigenvalue weighted by Gasteiger charge is 2.17. The fourth-order valence-electron chi connectivity index (χ4n) is 1.75. The van der Waals surface area contributed by atoms with Crippen molar-refractivity contribution in [2.75, 3.05) is 5.73 Å². The lowest BCUT2D eigenvalue weighted by molar-refractivity contribution is 0.813. The number of hydrogen-bond donors (Lipinski definition) is 2. The lowest BCUT2D eigenvalue weighted by Gasteiger charge is -2.00. The van der Waals surface area contributed by atoms with Crippen LogP contribution in [0.5, 0.6) is 0 Å². The molecule has 0 amide bonds. The van der Waals surface area contributed by atoms with Crippen LogP contribution in [-0.2, 0) is 0 Å². The molecule has 0 spiro atoms. The molecular formula is C11H12N6S. The minimum Gasteiger partial charge on any atom is -0.384 e. The van der Waals surface area contributed by atoms with E-state index in [4.69, 9.17) is 5.73 Å². The third-order valence-electron chi connectivity index (χ3n) is 2.64. The molecule has 0 unspecified atom stereocenters. The average Bonchev–Trinajstić information content (AvgIpc) is 2.93. The van der Waals surface area contributed by atoms with Gasteiger partial charge in [-0.15, -0.1) is 5.10 Å². The van der Waals surface area contributed by atoms with Gasteiger partial charge in [0.1, 0.15) is 10.7 Å². The van der Waals surface area contributed by atoms with Gasteiger partial charge in [-0.2, -0.15) is 0 Å². The molecule has 3 aromatic rings. The van der Waals surface area contributed by atoms with Crippen LogP contribution in [0.25, 0.3) is 21.9 Å². The summed E-state index contributed by atoms with van der Waals surface area (Å²) in [6, 6.07) is 3.62. The molecule has 0 aromatic carbocycles. The second kappa shape index (κ2) is 4.02. The first-order valence-electron chi connectivity index (χ1n) is 5.60. The summed E-state index contributed by atoms with van der Waals surface area (Å²) in [5.41, 5.74) is 8.08. The molecule has 6 nitrogen and oxygen atoms in total. The van der Waals surface area contributed by atoms with Crippen LogP contribution in [0.1, 0.15) is 25.5 Å². The van der Waals surface area contributed by atoms with Gasteiger partial charge >= 0.3 is 0 Å². The Hall–Kier alpha value is -2.02. The molecular weight excluding hydrogens is 248 g/mol. The van der Waals surface area contributed by atoms with Crippen LogP contribution in [0.2, 0.25) is 0 Å². The van der Waals surface area contributed by atoms with Crippen molar-refractivity contribution in [3.05, 3.63) is 17.8 Å². The van der Waals surface area contributed by atoms with Crippen LogP contribution in [0.15, 0.2) is 12.1 Å². The van der Waals surface area contributed by atoms with E-state index in [1.54, 1.807) is 6.07 Å². The van der Waals surface area contributed by atoms with Crippen molar-refractivity contribution >= 4 is 28.5 Å². The number of aromatic nitrogens is 5. The number of rotatable bonds is 2. The van der Waals surface area contributed by atoms with Crippen LogP contribution in [0.3, 0.4) is 0 Å². The number of pyridine rings is 1. The fourth-order valence-corrected chi connectivity index (χ4v) is 2.52. The summed E-state index contributed by atoms with van der Waals surface area (Å²) in [5.74, 6) is 1.53. The summed E-state index contributed by atoms with van der Waals surface area (Å²) in [7, 11) is 0. The van der Waals surface area contributed by atoms with E-state index in [2.05, 4.69) is 38.4 Å². The van der Waals surface area contributed by atoms with Gasteiger partial charge in [-0.05, 0) is 29.6 Å². The van der Waals surface area contributed by atoms with Crippen molar-refractivity contribution in [3.63, 3.8) is 0 Å². The van der Waals surface area contributed by atoms with E-state index in [0.717, 1.165) is 21.9 Å². The molecule has 3 aromatic heterocycles. The fraction of sp³-hybridized carbons (Fsp3) is 0.273. The molecule has 0 saturated heterocycles. The molecule has 0 aliphatic carbocycles. The largest absolute Gasteiger partial charge is 0.384 e. The van der Waals surface area contributed by atoms with Crippen LogP contribution in [0, 0.1) is 0 Å². The molecule has 0 saturated carbocycles. The maximum Gasteiger partial charge on any atom is 0.180 e. The van der Waals surface area contributed by atoms with Crippen molar-refractivity contribution in [2.45, 2.75) is 19.8 Å². The highest BCUT2D eigenvalue weighted by atomic mass is 32.1. The minimum atomic E-state index is 0.310. The number of H-pyrrole nitrogens is 1. The van der Waals surface area contributed by atoms with Gasteiger partial charge in [0.25, 0.3) is 0 Å². The maximum absolute atomic E-state index is 5.64. The van der Waals surface area contributed by atoms with Crippen LogP contribution in [-0.4, -0.2) is 24.5 Å². The standard InChI is InChI=1S/C11H12N6S/c1-5(2)8-9(18-17-16-8)11-13-6-3-4-7(12)14-10(6)15-11/h3-5H,1-2H3,(H3,12,13,14,15). The van der Waals surface area contributed by atoms with Crippen LogP contribution in [0.4, 0.5) is 5.82 Å². The number of nitrogen functional groups attached to an aromatic ring is 1. The molecule has 0 atom stereocenters. The van der Waals surface area contributed by atoms with E-state index in [1.165, 1.54) is 11.5 Å². The maximum atomic E-state index is 5.64. The van der Waals surface area contributed by atoms with E-state index >= 15 is 0 Å². The zero-order valence-electron chi connectivity index (χ0n) is 10.0. The van der Waals surface area contributed by atoms with Crippen LogP contribution >= 0.6 is 11.5 Å². The van der Waals surface area contributed by atoms with E-state index in [-0.39, 0.29) is 0 Å². The van der Waals surface area contributed by atoms with Crippen molar-refractivity contribution in [1.82, 2.24) is 24.5 Å². The van der Waals surface area contributed by atoms with Crippen molar-refractivity contribution in [1.29, 1.82) is 0 Å². The van der Waals surface area contributed by atoms with Gasteiger partial charge in [-0.1, -0.05) is 18.3 Å². The first-order valence-corrected chi connectivity index (χ1v) is 6.37. The topological polar surface area (TPSA) is 93.4 Å². The molecule has 0 bridgehead atoms. The van der Waals surface area contributed by atoms with Crippen molar-refractivity contribution in [2.24, 2.45) is 0 Å². The molecule has 0 fully saturated rings. The molecule has 3 N–H and O–H groups in total. The molecule has 7 heteroatoms. The van der Waals surface area contributed by atoms with E-state index in [1.807, 2.05) is 6.07 Å². The van der Waals surface area contributed by atoms with Gasteiger partial charge in [0, 0.05) is 0 Å². The molecule has 3 heterocycles. The molecule has 3 rings (SSSR count). The summed E-state index contributed by atoms with van der Waals surface area (Å²) in [6.45, 7) is 4.16. The Bertz CT molecular complexity index is 698. The SMILES string of the molecule is CC(C)c1nnsc1-c1nc2nc(N)ccc2[nH]1. The zero-order valence-corrected chi connectivity index (χ0v) is 10.8. The molecule has 0 aliphatic heterocycles. The Balaban J connectivity index is 2.16. The van der Waals surface area contributed by atoms with Crippen LogP contribution < -0.4 is 5.73 Å². The number of nitrogens with zero attached hydrogens (tertiary/aromatic N) is 4. The molecule has 0 aliphatic rings. The lowest BCUT2D eigenvalue weighted by atomic mass is 10.1. The van der Waals surface area contributed by atoms with Crippen molar-refractivity contribution in [3.8, 4) is 10.7 Å². The molecule has 18 heavy (non-hydrogen) atoms. The number of nitrogens with two attached hydrogens (primary N) is 1. The van der Waals surface area contributed by atoms with Gasteiger partial charge in [-0.25, -0.2) is 9.97 Å². The number of hydrogen-bond acceptors (Lipinski definition) is 6. The first-order chi connectivity index (χ1) is 8.65. The summed E-state index contributed by atoms with van der Waals surface area (Å²) >= 11 is 1.34. The van der Waals surface area contributed by atoms with Gasteiger partial charge in [-0.3, -0.25) is 0 Å². The summed E-state index contributed by atoms with van der Waals surface area (Å²) in [4.78, 5) is 12.8. The predicted octanol–water partition coefficient (Wildman–Crippen LogP) is 2.18. The second-order valence-corrected chi connectivity index (χ2v) is 5.09. The Morgan fingerprint density at radius 2 is 2.11 bits per heavy atom. The monoisotopic (exact) mass is 260 g/mol. The van der Waals surface area contributed by atoms with E-state index in [9.17, 15) is 0 Å². The smallest absolute Gasteiger partial charge is 0.180 e. The quantitative estimate of drug-likeness (QED) is 0.736. The second-order valence-electron chi connectivity index (χ2n) is 4.33. The number of anilines is 1. The van der Waals surface area contributed by atoms with Crippen molar-refractivity contribution < 1.29 is 0 Å². The third-order valence-corrected chi connectivity index (χ3v) is 3.39. The molecule has 92 valence electrons. The number of nitrogens with one attached hydrogen (secondary N) is 1.